The highest BCUT2D eigenvalue weighted by atomic mass is 28.3. The van der Waals surface area contributed by atoms with E-state index in [4.69, 9.17) is 4.74 Å². The fourth-order valence-electron chi connectivity index (χ4n) is 4.38. The fraction of sp³-hybridized carbons (Fsp3) is 1.00. The molecule has 25 heavy (non-hydrogen) atoms. The minimum absolute atomic E-state index is 0.667. The second-order valence-electron chi connectivity index (χ2n) is 8.49. The third kappa shape index (κ3) is 13.1. The second-order valence-corrected chi connectivity index (χ2v) is 11.9. The molecule has 0 bridgehead atoms. The maximum atomic E-state index is 6.22. The predicted octanol–water partition coefficient (Wildman–Crippen LogP) is 7.82. The maximum Gasteiger partial charge on any atom is 0.0717 e. The highest BCUT2D eigenvalue weighted by molar-refractivity contribution is 6.60. The zero-order valence-corrected chi connectivity index (χ0v) is 18.9. The Kier molecular flexibility index (Phi) is 16.3. The third-order valence-corrected chi connectivity index (χ3v) is 9.97. The standard InChI is InChI=1S/C23H48OSi/c1-3-5-7-9-11-13-17-21-25(23-19-15-16-20-24-23)22-18-14-12-10-8-6-4-2/h23,25H,3-22H2,1-2H3. The molecule has 0 aromatic rings. The smallest absolute Gasteiger partial charge is 0.0717 e. The van der Waals surface area contributed by atoms with Crippen LogP contribution in [0.5, 0.6) is 0 Å². The summed E-state index contributed by atoms with van der Waals surface area (Å²) in [5, 5.41) is 0. The summed E-state index contributed by atoms with van der Waals surface area (Å²) in [4.78, 5) is 0. The van der Waals surface area contributed by atoms with E-state index in [-0.39, 0.29) is 0 Å². The summed E-state index contributed by atoms with van der Waals surface area (Å²) in [6, 6.07) is 3.13. The number of unbranched alkanes of at least 4 members (excludes halogenated alkanes) is 12. The fourth-order valence-corrected chi connectivity index (χ4v) is 8.15. The molecule has 0 radical (unpaired) electrons. The van der Waals surface area contributed by atoms with E-state index in [1.54, 1.807) is 12.1 Å². The average Bonchev–Trinajstić information content (AvgIpc) is 2.65. The van der Waals surface area contributed by atoms with Gasteiger partial charge in [0.2, 0.25) is 0 Å². The van der Waals surface area contributed by atoms with Crippen molar-refractivity contribution >= 4 is 8.80 Å². The Morgan fingerprint density at radius 1 is 0.640 bits per heavy atom. The highest BCUT2D eigenvalue weighted by Gasteiger charge is 2.25. The molecule has 2 heteroatoms. The Bertz CT molecular complexity index is 245. The molecule has 0 N–H and O–H groups in total. The van der Waals surface area contributed by atoms with Crippen molar-refractivity contribution in [2.75, 3.05) is 6.61 Å². The Morgan fingerprint density at radius 3 is 1.56 bits per heavy atom. The molecule has 0 saturated carbocycles. The van der Waals surface area contributed by atoms with Gasteiger partial charge in [-0.3, -0.25) is 0 Å². The van der Waals surface area contributed by atoms with E-state index in [0.717, 1.165) is 12.3 Å². The number of rotatable bonds is 17. The third-order valence-electron chi connectivity index (χ3n) is 6.10. The van der Waals surface area contributed by atoms with Gasteiger partial charge in [-0.05, 0) is 19.3 Å². The summed E-state index contributed by atoms with van der Waals surface area (Å²) in [6.07, 6.45) is 24.5. The van der Waals surface area contributed by atoms with E-state index in [9.17, 15) is 0 Å². The van der Waals surface area contributed by atoms with Gasteiger partial charge >= 0.3 is 0 Å². The zero-order valence-electron chi connectivity index (χ0n) is 17.7. The first kappa shape index (κ1) is 23.2. The zero-order chi connectivity index (χ0) is 18.0. The molecular formula is C23H48OSi. The molecule has 0 aliphatic carbocycles. The molecule has 1 unspecified atom stereocenters. The molecule has 0 aromatic carbocycles. The normalized spacial score (nSPS) is 18.1. The van der Waals surface area contributed by atoms with Crippen molar-refractivity contribution in [2.45, 2.75) is 141 Å². The minimum Gasteiger partial charge on any atom is -0.382 e. The molecule has 1 aliphatic rings. The van der Waals surface area contributed by atoms with E-state index in [1.807, 2.05) is 0 Å². The lowest BCUT2D eigenvalue weighted by atomic mass is 10.1. The Labute approximate surface area is 161 Å². The summed E-state index contributed by atoms with van der Waals surface area (Å²) >= 11 is 0. The molecule has 0 amide bonds. The van der Waals surface area contributed by atoms with Crippen molar-refractivity contribution in [3.63, 3.8) is 0 Å². The van der Waals surface area contributed by atoms with Crippen LogP contribution < -0.4 is 0 Å². The first-order valence-corrected chi connectivity index (χ1v) is 14.3. The van der Waals surface area contributed by atoms with Crippen LogP contribution in [0.1, 0.15) is 123 Å². The van der Waals surface area contributed by atoms with Crippen LogP contribution in [-0.4, -0.2) is 21.1 Å². The van der Waals surface area contributed by atoms with E-state index in [2.05, 4.69) is 13.8 Å². The molecule has 150 valence electrons. The van der Waals surface area contributed by atoms with E-state index in [0.29, 0.717) is 0 Å². The Hall–Kier alpha value is 0.177. The van der Waals surface area contributed by atoms with Gasteiger partial charge in [0.25, 0.3) is 0 Å². The predicted molar refractivity (Wildman–Crippen MR) is 116 cm³/mol. The first-order valence-electron chi connectivity index (χ1n) is 12.0. The van der Waals surface area contributed by atoms with Crippen LogP contribution in [0.2, 0.25) is 12.1 Å². The van der Waals surface area contributed by atoms with E-state index in [1.165, 1.54) is 109 Å². The lowest BCUT2D eigenvalue weighted by molar-refractivity contribution is 0.0619. The lowest BCUT2D eigenvalue weighted by Crippen LogP contribution is -2.36. The van der Waals surface area contributed by atoms with Crippen LogP contribution in [-0.2, 0) is 4.74 Å². The van der Waals surface area contributed by atoms with Crippen LogP contribution in [0.3, 0.4) is 0 Å². The summed E-state index contributed by atoms with van der Waals surface area (Å²) in [5.74, 6) is 0. The molecule has 1 fully saturated rings. The van der Waals surface area contributed by atoms with Gasteiger partial charge in [0, 0.05) is 12.3 Å². The summed E-state index contributed by atoms with van der Waals surface area (Å²) in [6.45, 7) is 5.68. The highest BCUT2D eigenvalue weighted by Crippen LogP contribution is 2.24. The number of hydrogen-bond donors (Lipinski definition) is 0. The number of ether oxygens (including phenoxy) is 1. The minimum atomic E-state index is -0.667. The van der Waals surface area contributed by atoms with Crippen molar-refractivity contribution in [3.8, 4) is 0 Å². The SMILES string of the molecule is CCCCCCCCC[SiH](CCCCCCCCC)C1CCCCO1. The van der Waals surface area contributed by atoms with Crippen molar-refractivity contribution in [1.29, 1.82) is 0 Å². The Morgan fingerprint density at radius 2 is 1.12 bits per heavy atom. The summed E-state index contributed by atoms with van der Waals surface area (Å²) in [7, 11) is -0.667. The second kappa shape index (κ2) is 17.6. The maximum absolute atomic E-state index is 6.22. The molecule has 1 saturated heterocycles. The first-order chi connectivity index (χ1) is 12.4. The van der Waals surface area contributed by atoms with Gasteiger partial charge in [0.05, 0.1) is 8.80 Å². The van der Waals surface area contributed by atoms with Gasteiger partial charge in [0.15, 0.2) is 0 Å². The van der Waals surface area contributed by atoms with Crippen LogP contribution >= 0.6 is 0 Å². The molecule has 1 heterocycles. The molecular weight excluding hydrogens is 320 g/mol. The van der Waals surface area contributed by atoms with Gasteiger partial charge in [-0.15, -0.1) is 0 Å². The van der Waals surface area contributed by atoms with Crippen LogP contribution in [0.25, 0.3) is 0 Å². The molecule has 1 nitrogen and oxygen atoms in total. The van der Waals surface area contributed by atoms with Crippen LogP contribution in [0, 0.1) is 0 Å². The van der Waals surface area contributed by atoms with Crippen LogP contribution in [0.15, 0.2) is 0 Å². The topological polar surface area (TPSA) is 9.23 Å². The van der Waals surface area contributed by atoms with Gasteiger partial charge < -0.3 is 4.74 Å². The van der Waals surface area contributed by atoms with Gasteiger partial charge in [0.1, 0.15) is 0 Å². The average molecular weight is 369 g/mol. The van der Waals surface area contributed by atoms with Gasteiger partial charge in [-0.2, -0.15) is 0 Å². The van der Waals surface area contributed by atoms with E-state index >= 15 is 0 Å². The monoisotopic (exact) mass is 368 g/mol. The summed E-state index contributed by atoms with van der Waals surface area (Å²) in [5.41, 5.74) is 0.730. The van der Waals surface area contributed by atoms with Crippen molar-refractivity contribution in [3.05, 3.63) is 0 Å². The quantitative estimate of drug-likeness (QED) is 0.188. The lowest BCUT2D eigenvalue weighted by Gasteiger charge is -2.30. The van der Waals surface area contributed by atoms with Crippen molar-refractivity contribution in [2.24, 2.45) is 0 Å². The van der Waals surface area contributed by atoms with Gasteiger partial charge in [-0.25, -0.2) is 0 Å². The van der Waals surface area contributed by atoms with Gasteiger partial charge in [-0.1, -0.05) is 116 Å². The molecule has 1 rings (SSSR count). The van der Waals surface area contributed by atoms with Crippen molar-refractivity contribution < 1.29 is 4.74 Å². The van der Waals surface area contributed by atoms with Crippen LogP contribution in [0.4, 0.5) is 0 Å². The Balaban J connectivity index is 2.13. The largest absolute Gasteiger partial charge is 0.382 e. The summed E-state index contributed by atoms with van der Waals surface area (Å²) < 4.78 is 6.22. The number of hydrogen-bond acceptors (Lipinski definition) is 1. The molecule has 1 atom stereocenters. The van der Waals surface area contributed by atoms with Crippen molar-refractivity contribution in [1.82, 2.24) is 0 Å². The molecule has 1 aliphatic heterocycles. The molecule has 0 aromatic heterocycles. The molecule has 0 spiro atoms. The van der Waals surface area contributed by atoms with E-state index < -0.39 is 8.80 Å².